The molecule has 0 saturated heterocycles. The van der Waals surface area contributed by atoms with Crippen LogP contribution in [0.3, 0.4) is 0 Å². The van der Waals surface area contributed by atoms with Crippen LogP contribution in [-0.4, -0.2) is 38.6 Å². The molecule has 0 saturated carbocycles. The first-order valence-electron chi connectivity index (χ1n) is 3.75. The van der Waals surface area contributed by atoms with E-state index in [9.17, 15) is 9.59 Å². The first kappa shape index (κ1) is 10.9. The highest BCUT2D eigenvalue weighted by Gasteiger charge is 2.01. The molecule has 70 valence electrons. The maximum Gasteiger partial charge on any atom is 0.246 e. The molecule has 0 atom stereocenters. The van der Waals surface area contributed by atoms with Crippen molar-refractivity contribution < 1.29 is 14.3 Å². The maximum absolute atomic E-state index is 10.7. The molecule has 0 spiro atoms. The van der Waals surface area contributed by atoms with Gasteiger partial charge in [0.05, 0.1) is 0 Å². The van der Waals surface area contributed by atoms with E-state index in [4.69, 9.17) is 4.74 Å². The van der Waals surface area contributed by atoms with Crippen LogP contribution in [0.4, 0.5) is 0 Å². The largest absolute Gasteiger partial charge is 0.362 e. The van der Waals surface area contributed by atoms with Gasteiger partial charge in [-0.1, -0.05) is 0 Å². The van der Waals surface area contributed by atoms with Gasteiger partial charge in [-0.3, -0.25) is 9.59 Å². The van der Waals surface area contributed by atoms with Crippen molar-refractivity contribution in [3.05, 3.63) is 0 Å². The molecule has 0 unspecified atom stereocenters. The van der Waals surface area contributed by atoms with Gasteiger partial charge in [0.2, 0.25) is 11.8 Å². The van der Waals surface area contributed by atoms with Crippen molar-refractivity contribution in [3.63, 3.8) is 0 Å². The van der Waals surface area contributed by atoms with Crippen molar-refractivity contribution >= 4 is 11.8 Å². The van der Waals surface area contributed by atoms with Gasteiger partial charge in [0.1, 0.15) is 13.2 Å². The fourth-order valence-electron chi connectivity index (χ4n) is 0.557. The summed E-state index contributed by atoms with van der Waals surface area (Å²) in [7, 11) is 1.51. The highest BCUT2D eigenvalue weighted by atomic mass is 16.5. The number of amides is 2. The van der Waals surface area contributed by atoms with E-state index in [0.29, 0.717) is 6.54 Å². The lowest BCUT2D eigenvalue weighted by atomic mass is 10.6. The van der Waals surface area contributed by atoms with E-state index in [2.05, 4.69) is 10.6 Å². The third-order valence-electron chi connectivity index (χ3n) is 1.12. The molecule has 12 heavy (non-hydrogen) atoms. The molecule has 0 aliphatic carbocycles. The molecule has 0 fully saturated rings. The van der Waals surface area contributed by atoms with Crippen LogP contribution in [0.1, 0.15) is 6.92 Å². The molecular formula is C7H14N2O3. The number of ether oxygens (including phenoxy) is 1. The Morgan fingerprint density at radius 1 is 1.25 bits per heavy atom. The van der Waals surface area contributed by atoms with Gasteiger partial charge in [-0.25, -0.2) is 0 Å². The van der Waals surface area contributed by atoms with Crippen molar-refractivity contribution in [2.24, 2.45) is 0 Å². The number of nitrogens with one attached hydrogen (secondary N) is 2. The maximum atomic E-state index is 10.7. The third-order valence-corrected chi connectivity index (χ3v) is 1.12. The summed E-state index contributed by atoms with van der Waals surface area (Å²) in [6.45, 7) is 2.24. The highest BCUT2D eigenvalue weighted by Crippen LogP contribution is 1.75. The van der Waals surface area contributed by atoms with Gasteiger partial charge in [-0.2, -0.15) is 0 Å². The van der Waals surface area contributed by atoms with Gasteiger partial charge in [-0.15, -0.1) is 0 Å². The molecule has 0 heterocycles. The summed E-state index contributed by atoms with van der Waals surface area (Å²) in [5.74, 6) is -0.444. The van der Waals surface area contributed by atoms with Crippen LogP contribution in [0.5, 0.6) is 0 Å². The van der Waals surface area contributed by atoms with Crippen LogP contribution in [-0.2, 0) is 14.3 Å². The molecule has 5 heteroatoms. The molecular weight excluding hydrogens is 160 g/mol. The van der Waals surface area contributed by atoms with E-state index in [1.165, 1.54) is 7.05 Å². The zero-order valence-electron chi connectivity index (χ0n) is 7.35. The molecule has 0 radical (unpaired) electrons. The number of carbonyl (C=O) groups is 2. The van der Waals surface area contributed by atoms with E-state index in [-0.39, 0.29) is 25.0 Å². The Morgan fingerprint density at radius 3 is 2.33 bits per heavy atom. The van der Waals surface area contributed by atoms with Crippen LogP contribution in [0.2, 0.25) is 0 Å². The average Bonchev–Trinajstić information content (AvgIpc) is 2.04. The van der Waals surface area contributed by atoms with Crippen LogP contribution >= 0.6 is 0 Å². The second-order valence-electron chi connectivity index (χ2n) is 2.12. The number of carbonyl (C=O) groups excluding carboxylic acids is 2. The summed E-state index contributed by atoms with van der Waals surface area (Å²) < 4.78 is 4.78. The first-order valence-corrected chi connectivity index (χ1v) is 3.75. The van der Waals surface area contributed by atoms with Gasteiger partial charge in [0, 0.05) is 13.6 Å². The van der Waals surface area contributed by atoms with Gasteiger partial charge in [0.15, 0.2) is 0 Å². The zero-order valence-corrected chi connectivity index (χ0v) is 7.35. The lowest BCUT2D eigenvalue weighted by Gasteiger charge is -2.02. The Balaban J connectivity index is 3.30. The lowest BCUT2D eigenvalue weighted by molar-refractivity contribution is -0.130. The van der Waals surface area contributed by atoms with Crippen molar-refractivity contribution in [1.82, 2.24) is 10.6 Å². The van der Waals surface area contributed by atoms with Crippen LogP contribution in [0, 0.1) is 0 Å². The van der Waals surface area contributed by atoms with Crippen LogP contribution in [0.25, 0.3) is 0 Å². The normalized spacial score (nSPS) is 9.17. The fourth-order valence-corrected chi connectivity index (χ4v) is 0.557. The number of likely N-dealkylation sites (N-methyl/N-ethyl adjacent to an activating group) is 2. The Hall–Kier alpha value is -1.10. The molecule has 0 aliphatic heterocycles. The van der Waals surface area contributed by atoms with Crippen LogP contribution < -0.4 is 10.6 Å². The second-order valence-corrected chi connectivity index (χ2v) is 2.12. The van der Waals surface area contributed by atoms with E-state index < -0.39 is 0 Å². The number of rotatable bonds is 5. The van der Waals surface area contributed by atoms with E-state index >= 15 is 0 Å². The molecule has 5 nitrogen and oxygen atoms in total. The second kappa shape index (κ2) is 6.60. The fraction of sp³-hybridized carbons (Fsp3) is 0.714. The van der Waals surface area contributed by atoms with Gasteiger partial charge in [0.25, 0.3) is 0 Å². The standard InChI is InChI=1S/C7H14N2O3/c1-3-9-7(11)5-12-4-6(10)8-2/h3-5H2,1-2H3,(H,8,10)(H,9,11). The van der Waals surface area contributed by atoms with Crippen LogP contribution in [0.15, 0.2) is 0 Å². The predicted octanol–water partition coefficient (Wildman–Crippen LogP) is -1.11. The predicted molar refractivity (Wildman–Crippen MR) is 43.6 cm³/mol. The van der Waals surface area contributed by atoms with E-state index in [1.807, 2.05) is 6.92 Å². The molecule has 0 aromatic carbocycles. The van der Waals surface area contributed by atoms with Crippen molar-refractivity contribution in [2.75, 3.05) is 26.8 Å². The third kappa shape index (κ3) is 5.67. The molecule has 0 bridgehead atoms. The SMILES string of the molecule is CCNC(=O)COCC(=O)NC. The number of hydrogen-bond donors (Lipinski definition) is 2. The Kier molecular flexibility index (Phi) is 6.00. The Morgan fingerprint density at radius 2 is 1.83 bits per heavy atom. The summed E-state index contributed by atoms with van der Waals surface area (Å²) >= 11 is 0. The van der Waals surface area contributed by atoms with E-state index in [0.717, 1.165) is 0 Å². The molecule has 2 amide bonds. The van der Waals surface area contributed by atoms with Crippen molar-refractivity contribution in [1.29, 1.82) is 0 Å². The summed E-state index contributed by atoms with van der Waals surface area (Å²) in [4.78, 5) is 21.3. The zero-order chi connectivity index (χ0) is 9.40. The van der Waals surface area contributed by atoms with E-state index in [1.54, 1.807) is 0 Å². The summed E-state index contributed by atoms with van der Waals surface area (Å²) in [6.07, 6.45) is 0. The smallest absolute Gasteiger partial charge is 0.246 e. The minimum atomic E-state index is -0.237. The Labute approximate surface area is 71.5 Å². The summed E-state index contributed by atoms with van der Waals surface area (Å²) in [5.41, 5.74) is 0. The van der Waals surface area contributed by atoms with Crippen molar-refractivity contribution in [2.45, 2.75) is 6.92 Å². The first-order chi connectivity index (χ1) is 5.70. The molecule has 0 aromatic heterocycles. The molecule has 0 aromatic rings. The summed E-state index contributed by atoms with van der Waals surface area (Å²) in [5, 5.41) is 4.92. The minimum Gasteiger partial charge on any atom is -0.362 e. The van der Waals surface area contributed by atoms with Gasteiger partial charge < -0.3 is 15.4 Å². The van der Waals surface area contributed by atoms with Gasteiger partial charge >= 0.3 is 0 Å². The van der Waals surface area contributed by atoms with Gasteiger partial charge in [-0.05, 0) is 6.92 Å². The molecule has 0 rings (SSSR count). The number of hydrogen-bond acceptors (Lipinski definition) is 3. The monoisotopic (exact) mass is 174 g/mol. The summed E-state index contributed by atoms with van der Waals surface area (Å²) in [6, 6.07) is 0. The average molecular weight is 174 g/mol. The lowest BCUT2D eigenvalue weighted by Crippen LogP contribution is -2.30. The molecule has 2 N–H and O–H groups in total. The topological polar surface area (TPSA) is 67.4 Å². The molecule has 0 aliphatic rings. The quantitative estimate of drug-likeness (QED) is 0.555. The highest BCUT2D eigenvalue weighted by molar-refractivity contribution is 5.79. The minimum absolute atomic E-state index is 0.0682. The Bertz CT molecular complexity index is 159. The van der Waals surface area contributed by atoms with Crippen molar-refractivity contribution in [3.8, 4) is 0 Å².